The molecule has 18 heavy (non-hydrogen) atoms. The third-order valence-corrected chi connectivity index (χ3v) is 2.52. The number of methoxy groups -OCH3 is 1. The fraction of sp³-hybridized carbons (Fsp3) is 0.333. The maximum atomic E-state index is 10.9. The Morgan fingerprint density at radius 1 is 1.50 bits per heavy atom. The third-order valence-electron chi connectivity index (χ3n) is 2.52. The highest BCUT2D eigenvalue weighted by atomic mass is 16.7. The molecule has 2 rings (SSSR count). The Kier molecular flexibility index (Phi) is 3.47. The Morgan fingerprint density at radius 2 is 2.28 bits per heavy atom. The van der Waals surface area contributed by atoms with E-state index in [1.807, 2.05) is 0 Å². The quantitative estimate of drug-likeness (QED) is 0.605. The molecule has 6 heteroatoms. The average Bonchev–Trinajstić information content (AvgIpc) is 2.37. The summed E-state index contributed by atoms with van der Waals surface area (Å²) in [5, 5.41) is 10.9. The predicted molar refractivity (Wildman–Crippen MR) is 64.0 cm³/mol. The summed E-state index contributed by atoms with van der Waals surface area (Å²) in [5.74, 6) is 1.16. The number of fused-ring (bicyclic) bond motifs is 1. The van der Waals surface area contributed by atoms with Gasteiger partial charge in [-0.3, -0.25) is 10.1 Å². The van der Waals surface area contributed by atoms with Crippen LogP contribution in [0.1, 0.15) is 12.5 Å². The Balaban J connectivity index is 2.41. The number of hydrogen-bond donors (Lipinski definition) is 0. The fourth-order valence-electron chi connectivity index (χ4n) is 1.69. The van der Waals surface area contributed by atoms with E-state index in [0.717, 1.165) is 0 Å². The van der Waals surface area contributed by atoms with Gasteiger partial charge in [-0.05, 0) is 25.1 Å². The topological polar surface area (TPSA) is 70.8 Å². The molecule has 0 aromatic heterocycles. The third kappa shape index (κ3) is 2.28. The second kappa shape index (κ2) is 5.05. The van der Waals surface area contributed by atoms with Gasteiger partial charge in [0.05, 0.1) is 12.0 Å². The van der Waals surface area contributed by atoms with Crippen molar-refractivity contribution in [2.75, 3.05) is 13.7 Å². The van der Waals surface area contributed by atoms with Gasteiger partial charge in [-0.2, -0.15) is 0 Å². The van der Waals surface area contributed by atoms with Gasteiger partial charge in [0.15, 0.2) is 0 Å². The van der Waals surface area contributed by atoms with Crippen molar-refractivity contribution in [3.63, 3.8) is 0 Å². The minimum atomic E-state index is -0.967. The Bertz CT molecular complexity index is 497. The van der Waals surface area contributed by atoms with E-state index in [0.29, 0.717) is 23.7 Å². The summed E-state index contributed by atoms with van der Waals surface area (Å²) in [6.07, 6.45) is 0.479. The minimum absolute atomic E-state index is 0.113. The molecule has 1 aromatic rings. The highest BCUT2D eigenvalue weighted by molar-refractivity contribution is 5.63. The molecule has 96 valence electrons. The number of hydrogen-bond acceptors (Lipinski definition) is 5. The summed E-state index contributed by atoms with van der Waals surface area (Å²) in [6.45, 7) is 2.09. The van der Waals surface area contributed by atoms with Gasteiger partial charge in [-0.15, -0.1) is 0 Å². The number of ether oxygens (including phenoxy) is 3. The first-order valence-corrected chi connectivity index (χ1v) is 5.48. The summed E-state index contributed by atoms with van der Waals surface area (Å²) in [5.41, 5.74) is 0.495. The van der Waals surface area contributed by atoms with Crippen LogP contribution in [-0.4, -0.2) is 24.9 Å². The molecule has 0 bridgehead atoms. The van der Waals surface area contributed by atoms with Gasteiger partial charge in [0.1, 0.15) is 11.5 Å². The molecule has 1 aliphatic heterocycles. The van der Waals surface area contributed by atoms with Crippen molar-refractivity contribution in [1.82, 2.24) is 0 Å². The number of benzene rings is 1. The van der Waals surface area contributed by atoms with Crippen LogP contribution in [0, 0.1) is 10.1 Å². The summed E-state index contributed by atoms with van der Waals surface area (Å²) in [6, 6.07) is 5.11. The van der Waals surface area contributed by atoms with Crippen LogP contribution in [0.5, 0.6) is 11.5 Å². The molecule has 6 nitrogen and oxygen atoms in total. The maximum absolute atomic E-state index is 10.9. The fourth-order valence-corrected chi connectivity index (χ4v) is 1.69. The first-order chi connectivity index (χ1) is 8.65. The molecule has 0 fully saturated rings. The van der Waals surface area contributed by atoms with E-state index in [-0.39, 0.29) is 5.70 Å². The monoisotopic (exact) mass is 251 g/mol. The zero-order chi connectivity index (χ0) is 13.1. The lowest BCUT2D eigenvalue weighted by Crippen LogP contribution is -2.29. The van der Waals surface area contributed by atoms with Gasteiger partial charge in [-0.1, -0.05) is 0 Å². The summed E-state index contributed by atoms with van der Waals surface area (Å²) >= 11 is 0. The van der Waals surface area contributed by atoms with Crippen LogP contribution in [0.3, 0.4) is 0 Å². The molecule has 1 atom stereocenters. The smallest absolute Gasteiger partial charge is 0.315 e. The number of nitrogens with zero attached hydrogens (tertiary/aromatic N) is 1. The Hall–Kier alpha value is -2.08. The first-order valence-electron chi connectivity index (χ1n) is 5.48. The van der Waals surface area contributed by atoms with Crippen molar-refractivity contribution < 1.29 is 19.1 Å². The van der Waals surface area contributed by atoms with Crippen molar-refractivity contribution in [2.24, 2.45) is 0 Å². The molecule has 0 saturated heterocycles. The molecular weight excluding hydrogens is 238 g/mol. The molecule has 1 heterocycles. The highest BCUT2D eigenvalue weighted by Gasteiger charge is 2.32. The zero-order valence-corrected chi connectivity index (χ0v) is 10.1. The molecular formula is C12H13NO5. The average molecular weight is 251 g/mol. The first kappa shape index (κ1) is 12.4. The molecule has 0 spiro atoms. The van der Waals surface area contributed by atoms with Crippen LogP contribution in [0.15, 0.2) is 23.9 Å². The maximum Gasteiger partial charge on any atom is 0.315 e. The van der Waals surface area contributed by atoms with Crippen molar-refractivity contribution in [3.8, 4) is 11.5 Å². The normalized spacial score (nSPS) is 17.4. The van der Waals surface area contributed by atoms with E-state index in [1.165, 1.54) is 13.2 Å². The number of nitro groups is 1. The van der Waals surface area contributed by atoms with Gasteiger partial charge in [0, 0.05) is 18.2 Å². The lowest BCUT2D eigenvalue weighted by molar-refractivity contribution is -0.444. The molecule has 1 aromatic carbocycles. The SMILES string of the molecule is CCOC1Oc2ccc(OC)cc2C=C1[N+](=O)[O-]. The van der Waals surface area contributed by atoms with E-state index in [1.54, 1.807) is 25.1 Å². The van der Waals surface area contributed by atoms with E-state index < -0.39 is 11.2 Å². The standard InChI is InChI=1S/C12H13NO5/c1-3-17-12-10(13(14)15)7-8-6-9(16-2)4-5-11(8)18-12/h4-7,12H,3H2,1-2H3. The van der Waals surface area contributed by atoms with Crippen LogP contribution in [0.2, 0.25) is 0 Å². The van der Waals surface area contributed by atoms with Crippen molar-refractivity contribution >= 4 is 6.08 Å². The van der Waals surface area contributed by atoms with Crippen LogP contribution in [0.4, 0.5) is 0 Å². The van der Waals surface area contributed by atoms with E-state index in [2.05, 4.69) is 0 Å². The largest absolute Gasteiger partial charge is 0.497 e. The Labute approximate surface area is 104 Å². The minimum Gasteiger partial charge on any atom is -0.497 e. The van der Waals surface area contributed by atoms with Gasteiger partial charge < -0.3 is 14.2 Å². The van der Waals surface area contributed by atoms with E-state index in [9.17, 15) is 10.1 Å². The van der Waals surface area contributed by atoms with Gasteiger partial charge in [0.25, 0.3) is 6.29 Å². The van der Waals surface area contributed by atoms with Crippen molar-refractivity contribution in [2.45, 2.75) is 13.2 Å². The van der Waals surface area contributed by atoms with E-state index >= 15 is 0 Å². The lowest BCUT2D eigenvalue weighted by atomic mass is 10.1. The summed E-state index contributed by atoms with van der Waals surface area (Å²) in [7, 11) is 1.53. The Morgan fingerprint density at radius 3 is 2.89 bits per heavy atom. The second-order valence-electron chi connectivity index (χ2n) is 3.64. The van der Waals surface area contributed by atoms with Crippen molar-refractivity contribution in [1.29, 1.82) is 0 Å². The van der Waals surface area contributed by atoms with Crippen molar-refractivity contribution in [3.05, 3.63) is 39.6 Å². The molecule has 0 amide bonds. The highest BCUT2D eigenvalue weighted by Crippen LogP contribution is 2.32. The van der Waals surface area contributed by atoms with E-state index in [4.69, 9.17) is 14.2 Å². The summed E-state index contributed by atoms with van der Waals surface area (Å²) in [4.78, 5) is 10.5. The van der Waals surface area contributed by atoms with Crippen LogP contribution < -0.4 is 9.47 Å². The molecule has 0 N–H and O–H groups in total. The lowest BCUT2D eigenvalue weighted by Gasteiger charge is -2.22. The number of rotatable bonds is 4. The van der Waals surface area contributed by atoms with Gasteiger partial charge in [-0.25, -0.2) is 0 Å². The predicted octanol–water partition coefficient (Wildman–Crippen LogP) is 2.07. The summed E-state index contributed by atoms with van der Waals surface area (Å²) < 4.78 is 15.7. The van der Waals surface area contributed by atoms with Gasteiger partial charge in [0.2, 0.25) is 0 Å². The molecule has 0 saturated carbocycles. The molecule has 1 unspecified atom stereocenters. The van der Waals surface area contributed by atoms with Crippen LogP contribution in [0.25, 0.3) is 6.08 Å². The zero-order valence-electron chi connectivity index (χ0n) is 10.1. The second-order valence-corrected chi connectivity index (χ2v) is 3.64. The van der Waals surface area contributed by atoms with Crippen LogP contribution in [-0.2, 0) is 4.74 Å². The van der Waals surface area contributed by atoms with Gasteiger partial charge >= 0.3 is 5.70 Å². The molecule has 1 aliphatic rings. The molecule has 0 aliphatic carbocycles. The van der Waals surface area contributed by atoms with Crippen LogP contribution >= 0.6 is 0 Å². The molecule has 0 radical (unpaired) electrons.